The standard InChI is InChI=1S/C28H39NO3P/c1-19(2)12-16-31-20(3)33-17-7-13-28(6)15-10-22-25(32-28)9-8-21-23-18-27(4,5)14-11-24(23)29(30)26(21)22/h7-10,15,17-20,30,33H,11-14,16H2,1-6H3/q+1/b17-7+. The first kappa shape index (κ1) is 24.2. The Labute approximate surface area is 200 Å². The van der Waals surface area contributed by atoms with Crippen LogP contribution in [0, 0.1) is 11.3 Å². The van der Waals surface area contributed by atoms with Gasteiger partial charge in [0.1, 0.15) is 11.4 Å². The topological polar surface area (TPSA) is 41.7 Å². The zero-order valence-corrected chi connectivity index (χ0v) is 21.9. The molecule has 0 radical (unpaired) electrons. The van der Waals surface area contributed by atoms with Gasteiger partial charge in [0.2, 0.25) is 5.71 Å². The third kappa shape index (κ3) is 5.28. The Balaban J connectivity index is 1.44. The average Bonchev–Trinajstić information content (AvgIpc) is 3.01. The number of ether oxygens (including phenoxy) is 2. The Bertz CT molecular complexity index is 1030. The lowest BCUT2D eigenvalue weighted by atomic mass is 9.77. The van der Waals surface area contributed by atoms with Crippen molar-refractivity contribution in [1.29, 1.82) is 0 Å². The highest BCUT2D eigenvalue weighted by molar-refractivity contribution is 7.42. The van der Waals surface area contributed by atoms with Gasteiger partial charge in [-0.1, -0.05) is 54.2 Å². The van der Waals surface area contributed by atoms with Crippen molar-refractivity contribution >= 4 is 31.6 Å². The van der Waals surface area contributed by atoms with Gasteiger partial charge in [0.15, 0.2) is 0 Å². The predicted molar refractivity (Wildman–Crippen MR) is 139 cm³/mol. The first-order valence-electron chi connectivity index (χ1n) is 12.2. The van der Waals surface area contributed by atoms with E-state index in [-0.39, 0.29) is 11.3 Å². The first-order valence-corrected chi connectivity index (χ1v) is 13.4. The van der Waals surface area contributed by atoms with Crippen molar-refractivity contribution in [3.8, 4) is 5.75 Å². The zero-order chi connectivity index (χ0) is 23.8. The molecule has 3 atom stereocenters. The van der Waals surface area contributed by atoms with Gasteiger partial charge in [-0.25, -0.2) is 0 Å². The second kappa shape index (κ2) is 9.39. The molecule has 3 aliphatic rings. The minimum Gasteiger partial charge on any atom is -0.482 e. The summed E-state index contributed by atoms with van der Waals surface area (Å²) in [4.78, 5) is 0. The van der Waals surface area contributed by atoms with Crippen molar-refractivity contribution in [3.05, 3.63) is 47.3 Å². The highest BCUT2D eigenvalue weighted by Crippen LogP contribution is 2.48. The van der Waals surface area contributed by atoms with Crippen molar-refractivity contribution in [2.24, 2.45) is 11.3 Å². The van der Waals surface area contributed by atoms with Crippen LogP contribution in [0.15, 0.2) is 36.2 Å². The molecule has 0 amide bonds. The van der Waals surface area contributed by atoms with E-state index in [0.29, 0.717) is 14.5 Å². The lowest BCUT2D eigenvalue weighted by molar-refractivity contribution is -0.711. The van der Waals surface area contributed by atoms with Crippen LogP contribution < -0.4 is 4.74 Å². The van der Waals surface area contributed by atoms with Gasteiger partial charge in [-0.3, -0.25) is 5.21 Å². The summed E-state index contributed by atoms with van der Waals surface area (Å²) in [6.45, 7) is 14.1. The van der Waals surface area contributed by atoms with Crippen LogP contribution in [0.5, 0.6) is 5.75 Å². The quantitative estimate of drug-likeness (QED) is 0.243. The Morgan fingerprint density at radius 3 is 2.79 bits per heavy atom. The minimum atomic E-state index is -0.399. The molecule has 0 saturated heterocycles. The molecule has 4 nitrogen and oxygen atoms in total. The number of allylic oxidation sites excluding steroid dienone is 2. The summed E-state index contributed by atoms with van der Waals surface area (Å²) in [6.07, 6.45) is 12.6. The van der Waals surface area contributed by atoms with Gasteiger partial charge < -0.3 is 9.47 Å². The Kier molecular flexibility index (Phi) is 6.90. The Hall–Kier alpha value is -1.90. The largest absolute Gasteiger partial charge is 0.482 e. The lowest BCUT2D eigenvalue weighted by Crippen LogP contribution is -2.31. The summed E-state index contributed by atoms with van der Waals surface area (Å²) in [5.74, 6) is 4.00. The van der Waals surface area contributed by atoms with E-state index in [1.807, 2.05) is 0 Å². The second-order valence-corrected chi connectivity index (χ2v) is 12.4. The van der Waals surface area contributed by atoms with Gasteiger partial charge in [0.05, 0.1) is 22.5 Å². The van der Waals surface area contributed by atoms with E-state index in [0.717, 1.165) is 60.6 Å². The molecule has 1 aromatic carbocycles. The number of benzene rings is 1. The molecule has 5 heteroatoms. The fraction of sp³-hybridized carbons (Fsp3) is 0.536. The van der Waals surface area contributed by atoms with Gasteiger partial charge in [0.25, 0.3) is 5.69 Å². The third-order valence-corrected chi connectivity index (χ3v) is 7.83. The van der Waals surface area contributed by atoms with E-state index in [9.17, 15) is 5.21 Å². The number of hydrogen-bond acceptors (Lipinski definition) is 3. The fourth-order valence-corrected chi connectivity index (χ4v) is 5.41. The van der Waals surface area contributed by atoms with Crippen LogP contribution >= 0.6 is 8.58 Å². The van der Waals surface area contributed by atoms with Crippen LogP contribution in [0.4, 0.5) is 5.69 Å². The van der Waals surface area contributed by atoms with Crippen molar-refractivity contribution < 1.29 is 19.4 Å². The number of rotatable bonds is 8. The molecule has 33 heavy (non-hydrogen) atoms. The van der Waals surface area contributed by atoms with Crippen LogP contribution in [0.2, 0.25) is 0 Å². The zero-order valence-electron chi connectivity index (χ0n) is 20.9. The molecule has 0 saturated carbocycles. The van der Waals surface area contributed by atoms with E-state index in [1.165, 1.54) is 10.3 Å². The minimum absolute atomic E-state index is 0.145. The van der Waals surface area contributed by atoms with Gasteiger partial charge in [-0.15, -0.1) is 0 Å². The maximum absolute atomic E-state index is 11.0. The molecule has 1 aliphatic carbocycles. The maximum Gasteiger partial charge on any atom is 0.276 e. The molecule has 178 valence electrons. The number of hydrogen-bond donors (Lipinski definition) is 1. The van der Waals surface area contributed by atoms with Crippen molar-refractivity contribution in [2.75, 3.05) is 6.61 Å². The lowest BCUT2D eigenvalue weighted by Gasteiger charge is -2.30. The molecule has 2 heterocycles. The van der Waals surface area contributed by atoms with Crippen LogP contribution in [-0.2, 0) is 4.74 Å². The van der Waals surface area contributed by atoms with E-state index in [1.54, 1.807) is 0 Å². The Morgan fingerprint density at radius 1 is 1.24 bits per heavy atom. The molecule has 2 aliphatic heterocycles. The predicted octanol–water partition coefficient (Wildman–Crippen LogP) is 7.53. The van der Waals surface area contributed by atoms with E-state index in [4.69, 9.17) is 9.47 Å². The summed E-state index contributed by atoms with van der Waals surface area (Å²) < 4.78 is 13.8. The SMILES string of the molecule is CC(C)CCOC(C)P/C=C/CC1(C)C=Cc2c(ccc3c2[N+](O)=C2CCC(C)(C)C=C23)O1. The summed E-state index contributed by atoms with van der Waals surface area (Å²) in [6, 6.07) is 4.16. The highest BCUT2D eigenvalue weighted by Gasteiger charge is 2.43. The molecule has 0 fully saturated rings. The van der Waals surface area contributed by atoms with Crippen molar-refractivity contribution in [2.45, 2.75) is 78.7 Å². The van der Waals surface area contributed by atoms with E-state index >= 15 is 0 Å². The third-order valence-electron chi connectivity index (χ3n) is 6.77. The normalized spacial score (nSPS) is 24.3. The molecular formula is C28H39NO3P+. The second-order valence-electron chi connectivity index (χ2n) is 10.9. The van der Waals surface area contributed by atoms with Gasteiger partial charge in [-0.2, -0.15) is 0 Å². The van der Waals surface area contributed by atoms with Gasteiger partial charge >= 0.3 is 0 Å². The molecule has 0 bridgehead atoms. The summed E-state index contributed by atoms with van der Waals surface area (Å²) in [7, 11) is 0.645. The summed E-state index contributed by atoms with van der Waals surface area (Å²) >= 11 is 0. The highest BCUT2D eigenvalue weighted by atomic mass is 31.1. The first-order chi connectivity index (χ1) is 15.6. The van der Waals surface area contributed by atoms with Crippen molar-refractivity contribution in [3.63, 3.8) is 0 Å². The molecule has 0 spiro atoms. The van der Waals surface area contributed by atoms with Crippen LogP contribution in [0.25, 0.3) is 11.6 Å². The number of fused-ring (bicyclic) bond motifs is 5. The monoisotopic (exact) mass is 468 g/mol. The molecule has 3 unspecified atom stereocenters. The summed E-state index contributed by atoms with van der Waals surface area (Å²) in [5.41, 5.74) is 4.84. The van der Waals surface area contributed by atoms with Gasteiger partial charge in [0, 0.05) is 24.2 Å². The van der Waals surface area contributed by atoms with Gasteiger partial charge in [-0.05, 0) is 62.3 Å². The van der Waals surface area contributed by atoms with E-state index < -0.39 is 5.60 Å². The average molecular weight is 469 g/mol. The van der Waals surface area contributed by atoms with Crippen molar-refractivity contribution in [1.82, 2.24) is 0 Å². The van der Waals surface area contributed by atoms with Crippen LogP contribution in [0.1, 0.15) is 78.4 Å². The molecular weight excluding hydrogens is 429 g/mol. The summed E-state index contributed by atoms with van der Waals surface area (Å²) in [5, 5.41) is 11.0. The fourth-order valence-electron chi connectivity index (χ4n) is 4.67. The van der Waals surface area contributed by atoms with Crippen LogP contribution in [-0.4, -0.2) is 33.7 Å². The molecule has 1 aromatic rings. The molecule has 4 rings (SSSR count). The number of nitrogens with zero attached hydrogens (tertiary/aromatic N) is 1. The van der Waals surface area contributed by atoms with Crippen LogP contribution in [0.3, 0.4) is 0 Å². The molecule has 0 aromatic heterocycles. The Morgan fingerprint density at radius 2 is 2.03 bits per heavy atom. The molecule has 1 N–H and O–H groups in total. The smallest absolute Gasteiger partial charge is 0.276 e. The van der Waals surface area contributed by atoms with E-state index in [2.05, 4.69) is 83.8 Å². The maximum atomic E-state index is 11.0.